The van der Waals surface area contributed by atoms with Crippen molar-refractivity contribution in [1.82, 2.24) is 24.4 Å². The van der Waals surface area contributed by atoms with Gasteiger partial charge in [-0.1, -0.05) is 6.92 Å². The molecule has 2 amide bonds. The van der Waals surface area contributed by atoms with Crippen LogP contribution in [0.3, 0.4) is 0 Å². The summed E-state index contributed by atoms with van der Waals surface area (Å²) in [5.74, 6) is -0.265. The van der Waals surface area contributed by atoms with Crippen LogP contribution in [0.15, 0.2) is 29.4 Å². The lowest BCUT2D eigenvalue weighted by Gasteiger charge is -2.35. The van der Waals surface area contributed by atoms with Gasteiger partial charge in [0.15, 0.2) is 0 Å². The number of nitrogens with one attached hydrogen (secondary N) is 1. The SMILES string of the molecule is CCCNC(=O)CN1CCN(C(=O)CN(C)S(=O)(=O)c2cccnc2)CC1. The standard InChI is InChI=1S/C17H27N5O4S/c1-3-6-19-16(23)13-21-8-10-22(11-9-21)17(24)14-20(2)27(25,26)15-5-4-7-18-12-15/h4-5,7,12H,3,6,8-11,13-14H2,1-2H3,(H,19,23). The second-order valence-electron chi connectivity index (χ2n) is 6.46. The highest BCUT2D eigenvalue weighted by Crippen LogP contribution is 2.13. The molecule has 2 heterocycles. The zero-order chi connectivity index (χ0) is 19.9. The summed E-state index contributed by atoms with van der Waals surface area (Å²) in [5, 5.41) is 2.83. The van der Waals surface area contributed by atoms with Gasteiger partial charge >= 0.3 is 0 Å². The fraction of sp³-hybridized carbons (Fsp3) is 0.588. The summed E-state index contributed by atoms with van der Waals surface area (Å²) in [5.41, 5.74) is 0. The van der Waals surface area contributed by atoms with Crippen LogP contribution in [-0.4, -0.2) is 92.2 Å². The largest absolute Gasteiger partial charge is 0.355 e. The molecule has 1 N–H and O–H groups in total. The fourth-order valence-corrected chi connectivity index (χ4v) is 3.82. The Balaban J connectivity index is 1.83. The molecule has 0 radical (unpaired) electrons. The zero-order valence-corrected chi connectivity index (χ0v) is 16.6. The third-order valence-corrected chi connectivity index (χ3v) is 6.15. The second kappa shape index (κ2) is 9.77. The Hall–Kier alpha value is -2.04. The quantitative estimate of drug-likeness (QED) is 0.627. The van der Waals surface area contributed by atoms with E-state index in [1.54, 1.807) is 11.0 Å². The molecule has 27 heavy (non-hydrogen) atoms. The number of sulfonamides is 1. The topological polar surface area (TPSA) is 103 Å². The summed E-state index contributed by atoms with van der Waals surface area (Å²) < 4.78 is 26.0. The number of amides is 2. The van der Waals surface area contributed by atoms with Gasteiger partial charge in [0.05, 0.1) is 13.1 Å². The first-order valence-electron chi connectivity index (χ1n) is 8.97. The molecule has 0 bridgehead atoms. The van der Waals surface area contributed by atoms with Crippen molar-refractivity contribution < 1.29 is 18.0 Å². The van der Waals surface area contributed by atoms with E-state index in [4.69, 9.17) is 0 Å². The number of piperazine rings is 1. The number of pyridine rings is 1. The second-order valence-corrected chi connectivity index (χ2v) is 8.50. The Labute approximate surface area is 160 Å². The van der Waals surface area contributed by atoms with Crippen LogP contribution in [0.4, 0.5) is 0 Å². The van der Waals surface area contributed by atoms with Crippen molar-refractivity contribution >= 4 is 21.8 Å². The van der Waals surface area contributed by atoms with Gasteiger partial charge < -0.3 is 10.2 Å². The normalized spacial score (nSPS) is 15.7. The molecule has 0 spiro atoms. The van der Waals surface area contributed by atoms with Crippen LogP contribution in [0.2, 0.25) is 0 Å². The predicted molar refractivity (Wildman–Crippen MR) is 100 cm³/mol. The third kappa shape index (κ3) is 5.98. The number of carbonyl (C=O) groups excluding carboxylic acids is 2. The molecule has 1 aliphatic heterocycles. The molecule has 0 aromatic carbocycles. The van der Waals surface area contributed by atoms with Crippen molar-refractivity contribution in [2.45, 2.75) is 18.2 Å². The number of hydrogen-bond acceptors (Lipinski definition) is 6. The van der Waals surface area contributed by atoms with Gasteiger partial charge in [0.1, 0.15) is 4.90 Å². The average molecular weight is 398 g/mol. The van der Waals surface area contributed by atoms with E-state index in [1.165, 1.54) is 25.5 Å². The minimum atomic E-state index is -3.75. The molecule has 1 aliphatic rings. The minimum Gasteiger partial charge on any atom is -0.355 e. The van der Waals surface area contributed by atoms with Crippen molar-refractivity contribution in [3.8, 4) is 0 Å². The van der Waals surface area contributed by atoms with Gasteiger partial charge in [0.25, 0.3) is 0 Å². The Kier molecular flexibility index (Phi) is 7.69. The van der Waals surface area contributed by atoms with Crippen molar-refractivity contribution in [2.24, 2.45) is 0 Å². The molecule has 1 saturated heterocycles. The molecule has 0 saturated carbocycles. The van der Waals surface area contributed by atoms with Crippen molar-refractivity contribution in [1.29, 1.82) is 0 Å². The number of rotatable bonds is 8. The minimum absolute atomic E-state index is 0.0149. The lowest BCUT2D eigenvalue weighted by molar-refractivity contribution is -0.133. The number of hydrogen-bond donors (Lipinski definition) is 1. The monoisotopic (exact) mass is 397 g/mol. The number of aromatic nitrogens is 1. The van der Waals surface area contributed by atoms with Crippen LogP contribution in [0.25, 0.3) is 0 Å². The van der Waals surface area contributed by atoms with Gasteiger partial charge in [-0.25, -0.2) is 8.42 Å². The van der Waals surface area contributed by atoms with Crippen molar-refractivity contribution in [3.63, 3.8) is 0 Å². The van der Waals surface area contributed by atoms with Gasteiger partial charge in [-0.3, -0.25) is 19.5 Å². The molecular weight excluding hydrogens is 370 g/mol. The maximum atomic E-state index is 12.5. The molecule has 0 atom stereocenters. The van der Waals surface area contributed by atoms with E-state index in [9.17, 15) is 18.0 Å². The zero-order valence-electron chi connectivity index (χ0n) is 15.8. The van der Waals surface area contributed by atoms with Crippen molar-refractivity contribution in [3.05, 3.63) is 24.5 Å². The number of nitrogens with zero attached hydrogens (tertiary/aromatic N) is 4. The predicted octanol–water partition coefficient (Wildman–Crippen LogP) is -0.627. The Morgan fingerprint density at radius 3 is 2.56 bits per heavy atom. The Morgan fingerprint density at radius 2 is 1.96 bits per heavy atom. The molecule has 0 aliphatic carbocycles. The molecule has 0 unspecified atom stereocenters. The van der Waals surface area contributed by atoms with Gasteiger partial charge in [-0.15, -0.1) is 0 Å². The maximum absolute atomic E-state index is 12.5. The van der Waals surface area contributed by atoms with E-state index in [-0.39, 0.29) is 23.3 Å². The summed E-state index contributed by atoms with van der Waals surface area (Å²) in [6.07, 6.45) is 3.65. The summed E-state index contributed by atoms with van der Waals surface area (Å²) in [7, 11) is -2.36. The lowest BCUT2D eigenvalue weighted by Crippen LogP contribution is -2.53. The highest BCUT2D eigenvalue weighted by atomic mass is 32.2. The number of likely N-dealkylation sites (N-methyl/N-ethyl adjacent to an activating group) is 1. The first-order valence-corrected chi connectivity index (χ1v) is 10.4. The van der Waals surface area contributed by atoms with E-state index in [2.05, 4.69) is 10.3 Å². The van der Waals surface area contributed by atoms with Gasteiger partial charge in [-0.2, -0.15) is 4.31 Å². The molecule has 1 fully saturated rings. The van der Waals surface area contributed by atoms with E-state index in [0.29, 0.717) is 39.3 Å². The molecule has 9 nitrogen and oxygen atoms in total. The average Bonchev–Trinajstić information content (AvgIpc) is 2.67. The van der Waals surface area contributed by atoms with Crippen molar-refractivity contribution in [2.75, 3.05) is 52.9 Å². The highest BCUT2D eigenvalue weighted by Gasteiger charge is 2.27. The smallest absolute Gasteiger partial charge is 0.244 e. The van der Waals surface area contributed by atoms with Crippen LogP contribution < -0.4 is 5.32 Å². The van der Waals surface area contributed by atoms with Crippen LogP contribution in [0.5, 0.6) is 0 Å². The first kappa shape index (κ1) is 21.3. The van der Waals surface area contributed by atoms with Gasteiger partial charge in [0.2, 0.25) is 21.8 Å². The molecular formula is C17H27N5O4S. The molecule has 2 rings (SSSR count). The van der Waals surface area contributed by atoms with E-state index >= 15 is 0 Å². The van der Waals surface area contributed by atoms with E-state index in [1.807, 2.05) is 11.8 Å². The maximum Gasteiger partial charge on any atom is 0.244 e. The number of carbonyl (C=O) groups is 2. The molecule has 150 valence electrons. The third-order valence-electron chi connectivity index (χ3n) is 4.36. The molecule has 10 heteroatoms. The summed E-state index contributed by atoms with van der Waals surface area (Å²) in [4.78, 5) is 31.7. The van der Waals surface area contributed by atoms with Crippen LogP contribution in [0.1, 0.15) is 13.3 Å². The summed E-state index contributed by atoms with van der Waals surface area (Å²) in [6.45, 7) is 4.87. The molecule has 1 aromatic heterocycles. The molecule has 1 aromatic rings. The van der Waals surface area contributed by atoms with Crippen LogP contribution >= 0.6 is 0 Å². The first-order chi connectivity index (χ1) is 12.8. The van der Waals surface area contributed by atoms with Gasteiger partial charge in [0, 0.05) is 52.2 Å². The highest BCUT2D eigenvalue weighted by molar-refractivity contribution is 7.89. The van der Waals surface area contributed by atoms with E-state index in [0.717, 1.165) is 10.7 Å². The Morgan fingerprint density at radius 1 is 1.26 bits per heavy atom. The Bertz CT molecular complexity index is 733. The van der Waals surface area contributed by atoms with Gasteiger partial charge in [-0.05, 0) is 18.6 Å². The van der Waals surface area contributed by atoms with Crippen LogP contribution in [-0.2, 0) is 19.6 Å². The summed E-state index contributed by atoms with van der Waals surface area (Å²) >= 11 is 0. The van der Waals surface area contributed by atoms with Crippen LogP contribution in [0, 0.1) is 0 Å². The fourth-order valence-electron chi connectivity index (χ4n) is 2.73. The lowest BCUT2D eigenvalue weighted by atomic mass is 10.3. The van der Waals surface area contributed by atoms with E-state index < -0.39 is 10.0 Å². The summed E-state index contributed by atoms with van der Waals surface area (Å²) in [6, 6.07) is 2.99.